The molecule has 1 aliphatic heterocycles. The van der Waals surface area contributed by atoms with Crippen LogP contribution in [0.25, 0.3) is 0 Å². The first-order valence-corrected chi connectivity index (χ1v) is 10.3. The maximum atomic E-state index is 14.9. The molecule has 0 saturated carbocycles. The van der Waals surface area contributed by atoms with Crippen molar-refractivity contribution in [2.75, 3.05) is 13.2 Å². The Labute approximate surface area is 163 Å². The molecular weight excluding hydrogens is 385 g/mol. The first-order valence-electron chi connectivity index (χ1n) is 8.86. The highest BCUT2D eigenvalue weighted by atomic mass is 32.2. The van der Waals surface area contributed by atoms with Crippen molar-refractivity contribution in [3.05, 3.63) is 65.7 Å². The second-order valence-electron chi connectivity index (χ2n) is 6.91. The van der Waals surface area contributed by atoms with Crippen LogP contribution in [0.2, 0.25) is 0 Å². The van der Waals surface area contributed by atoms with Gasteiger partial charge in [-0.3, -0.25) is 8.98 Å². The number of rotatable bonds is 7. The Balaban J connectivity index is 1.53. The summed E-state index contributed by atoms with van der Waals surface area (Å²) in [5.74, 6) is -0.579. The zero-order valence-electron chi connectivity index (χ0n) is 15.4. The van der Waals surface area contributed by atoms with E-state index in [1.165, 1.54) is 12.1 Å². The Morgan fingerprint density at radius 2 is 1.86 bits per heavy atom. The Bertz CT molecular complexity index is 917. The minimum absolute atomic E-state index is 0.0357. The molecule has 0 bridgehead atoms. The monoisotopic (exact) mass is 407 g/mol. The van der Waals surface area contributed by atoms with Gasteiger partial charge in [0, 0.05) is 13.0 Å². The number of benzene rings is 2. The number of ether oxygens (including phenoxy) is 1. The first kappa shape index (κ1) is 20.4. The number of alkyl halides is 1. The summed E-state index contributed by atoms with van der Waals surface area (Å²) in [5, 5.41) is 2.74. The first-order chi connectivity index (χ1) is 13.3. The van der Waals surface area contributed by atoms with Crippen LogP contribution in [-0.4, -0.2) is 39.2 Å². The summed E-state index contributed by atoms with van der Waals surface area (Å²) in [6, 6.07) is 14.4. The number of esters is 1. The van der Waals surface area contributed by atoms with E-state index in [2.05, 4.69) is 5.32 Å². The summed E-state index contributed by atoms with van der Waals surface area (Å²) < 4.78 is 49.5. The molecule has 3 rings (SSSR count). The molecule has 0 aromatic heterocycles. The second-order valence-corrected chi connectivity index (χ2v) is 8.53. The van der Waals surface area contributed by atoms with Gasteiger partial charge in [0.2, 0.25) is 0 Å². The lowest BCUT2D eigenvalue weighted by Gasteiger charge is -2.18. The minimum atomic E-state index is -4.07. The van der Waals surface area contributed by atoms with Crippen LogP contribution in [0.3, 0.4) is 0 Å². The number of carbonyl (C=O) groups is 1. The van der Waals surface area contributed by atoms with E-state index < -0.39 is 34.4 Å². The third-order valence-electron chi connectivity index (χ3n) is 4.53. The zero-order valence-corrected chi connectivity index (χ0v) is 16.2. The largest absolute Gasteiger partial charge is 0.460 e. The maximum absolute atomic E-state index is 14.9. The third kappa shape index (κ3) is 5.15. The van der Waals surface area contributed by atoms with Crippen LogP contribution >= 0.6 is 0 Å². The third-order valence-corrected chi connectivity index (χ3v) is 5.80. The summed E-state index contributed by atoms with van der Waals surface area (Å²) in [5.41, 5.74) is -0.251. The van der Waals surface area contributed by atoms with Gasteiger partial charge >= 0.3 is 5.97 Å². The van der Waals surface area contributed by atoms with E-state index in [0.717, 1.165) is 11.1 Å². The fourth-order valence-corrected chi connectivity index (χ4v) is 3.85. The van der Waals surface area contributed by atoms with Gasteiger partial charge in [0.1, 0.15) is 24.9 Å². The average molecular weight is 407 g/mol. The molecule has 1 N–H and O–H groups in total. The molecular formula is C20H22FNO5S. The Hall–Kier alpha value is -2.29. The van der Waals surface area contributed by atoms with E-state index in [1.54, 1.807) is 12.1 Å². The van der Waals surface area contributed by atoms with Crippen LogP contribution in [0.5, 0.6) is 0 Å². The van der Waals surface area contributed by atoms with Gasteiger partial charge in [-0.15, -0.1) is 0 Å². The highest BCUT2D eigenvalue weighted by molar-refractivity contribution is 7.86. The number of nitrogens with one attached hydrogen (secondary N) is 1. The predicted octanol–water partition coefficient (Wildman–Crippen LogP) is 2.51. The zero-order chi connectivity index (χ0) is 20.2. The highest BCUT2D eigenvalue weighted by Gasteiger charge is 2.44. The van der Waals surface area contributed by atoms with Gasteiger partial charge in [0.25, 0.3) is 10.1 Å². The summed E-state index contributed by atoms with van der Waals surface area (Å²) in [4.78, 5) is 12.1. The molecule has 28 heavy (non-hydrogen) atoms. The van der Waals surface area contributed by atoms with Crippen molar-refractivity contribution in [2.45, 2.75) is 36.6 Å². The van der Waals surface area contributed by atoms with Gasteiger partial charge in [-0.25, -0.2) is 4.39 Å². The molecule has 0 aliphatic carbocycles. The normalized spacial score (nSPS) is 22.1. The van der Waals surface area contributed by atoms with Crippen LogP contribution in [0.1, 0.15) is 17.5 Å². The highest BCUT2D eigenvalue weighted by Crippen LogP contribution is 2.27. The quantitative estimate of drug-likeness (QED) is 0.561. The maximum Gasteiger partial charge on any atom is 0.323 e. The van der Waals surface area contributed by atoms with Crippen molar-refractivity contribution in [3.8, 4) is 0 Å². The molecule has 2 aromatic rings. The molecule has 2 aromatic carbocycles. The van der Waals surface area contributed by atoms with Gasteiger partial charge < -0.3 is 10.1 Å². The molecule has 1 saturated heterocycles. The molecule has 1 fully saturated rings. The lowest BCUT2D eigenvalue weighted by atomic mass is 10.0. The number of carbonyl (C=O) groups excluding carboxylic acids is 1. The van der Waals surface area contributed by atoms with E-state index in [-0.39, 0.29) is 24.5 Å². The van der Waals surface area contributed by atoms with E-state index >= 15 is 0 Å². The smallest absolute Gasteiger partial charge is 0.323 e. The van der Waals surface area contributed by atoms with Crippen LogP contribution in [0.15, 0.2) is 59.5 Å². The molecule has 0 spiro atoms. The van der Waals surface area contributed by atoms with E-state index in [1.807, 2.05) is 37.3 Å². The second kappa shape index (κ2) is 8.38. The number of hydrogen-bond acceptors (Lipinski definition) is 6. The standard InChI is InChI=1S/C20H22FNO5S/c1-15-7-9-17(10-8-15)28(24,25)27-14-20(21)11-18(22-13-20)19(23)26-12-16-5-3-2-4-6-16/h2-10,18,22H,11-14H2,1H3/t18-,20+/m0/s1. The molecule has 0 unspecified atom stereocenters. The Morgan fingerprint density at radius 1 is 1.18 bits per heavy atom. The van der Waals surface area contributed by atoms with E-state index in [4.69, 9.17) is 8.92 Å². The van der Waals surface area contributed by atoms with Crippen LogP contribution in [0.4, 0.5) is 4.39 Å². The van der Waals surface area contributed by atoms with Gasteiger partial charge in [0.05, 0.1) is 4.90 Å². The Morgan fingerprint density at radius 3 is 2.54 bits per heavy atom. The van der Waals surface area contributed by atoms with E-state index in [0.29, 0.717) is 0 Å². The van der Waals surface area contributed by atoms with Crippen molar-refractivity contribution >= 4 is 16.1 Å². The lowest BCUT2D eigenvalue weighted by molar-refractivity contribution is -0.147. The molecule has 8 heteroatoms. The number of aryl methyl sites for hydroxylation is 1. The average Bonchev–Trinajstić information content (AvgIpc) is 3.09. The molecule has 0 radical (unpaired) electrons. The number of halogens is 1. The van der Waals surface area contributed by atoms with Crippen LogP contribution < -0.4 is 5.32 Å². The number of hydrogen-bond donors (Lipinski definition) is 1. The summed E-state index contributed by atoms with van der Waals surface area (Å²) in [6.45, 7) is 1.06. The summed E-state index contributed by atoms with van der Waals surface area (Å²) in [6.07, 6.45) is -0.218. The molecule has 2 atom stereocenters. The van der Waals surface area contributed by atoms with Gasteiger partial charge in [0.15, 0.2) is 0 Å². The fourth-order valence-electron chi connectivity index (χ4n) is 2.88. The topological polar surface area (TPSA) is 81.7 Å². The Kier molecular flexibility index (Phi) is 6.12. The van der Waals surface area contributed by atoms with E-state index in [9.17, 15) is 17.6 Å². The molecule has 150 valence electrons. The van der Waals surface area contributed by atoms with Crippen molar-refractivity contribution in [2.24, 2.45) is 0 Å². The molecule has 1 aliphatic rings. The van der Waals surface area contributed by atoms with Gasteiger partial charge in [-0.05, 0) is 24.6 Å². The molecule has 0 amide bonds. The molecule has 6 nitrogen and oxygen atoms in total. The van der Waals surface area contributed by atoms with Crippen LogP contribution in [0, 0.1) is 6.92 Å². The SMILES string of the molecule is Cc1ccc(S(=O)(=O)OC[C@]2(F)CN[C@H](C(=O)OCc3ccccc3)C2)cc1. The summed E-state index contributed by atoms with van der Waals surface area (Å²) >= 11 is 0. The lowest BCUT2D eigenvalue weighted by Crippen LogP contribution is -2.33. The van der Waals surface area contributed by atoms with Crippen molar-refractivity contribution in [1.82, 2.24) is 5.32 Å². The van der Waals surface area contributed by atoms with Gasteiger partial charge in [-0.2, -0.15) is 8.42 Å². The van der Waals surface area contributed by atoms with Crippen molar-refractivity contribution in [3.63, 3.8) is 0 Å². The molecule has 1 heterocycles. The minimum Gasteiger partial charge on any atom is -0.460 e. The predicted molar refractivity (Wildman–Crippen MR) is 101 cm³/mol. The van der Waals surface area contributed by atoms with Crippen molar-refractivity contribution in [1.29, 1.82) is 0 Å². The van der Waals surface area contributed by atoms with Gasteiger partial charge in [-0.1, -0.05) is 48.0 Å². The summed E-state index contributed by atoms with van der Waals surface area (Å²) in [7, 11) is -4.07. The van der Waals surface area contributed by atoms with Crippen LogP contribution in [-0.2, 0) is 30.4 Å². The fraction of sp³-hybridized carbons (Fsp3) is 0.350. The van der Waals surface area contributed by atoms with Crippen molar-refractivity contribution < 1.29 is 26.5 Å².